The molecule has 0 unspecified atom stereocenters. The minimum Gasteiger partial charge on any atom is -0.488 e. The molecular formula is C75H87ClN6OS. The second-order valence-electron chi connectivity index (χ2n) is 22.9. The van der Waals surface area contributed by atoms with E-state index in [-0.39, 0.29) is 0 Å². The molecule has 0 saturated heterocycles. The Morgan fingerprint density at radius 1 is 0.464 bits per heavy atom. The molecule has 0 spiro atoms. The molecule has 8 aromatic rings. The van der Waals surface area contributed by atoms with Crippen LogP contribution < -0.4 is 19.9 Å². The standard InChI is InChI=1S/C19H23ClN2.C19H21NO.C19H21NS.C18H22N2/c1-21(2)12-5-13-22-18-7-4-3-6-15(18)8-9-16-10-11-17(20)14-19(16)22;2*1-20(2)13-7-11-17-16-9-4-3-8-15(16)14-21-19-12-6-5-10-18(17)19;1-19-13-6-14-20-17-9-4-2-7-15(17)11-12-16-8-3-5-10-18(16)20/h3-4,6-7,10-11,14H,5,8-9,12-13H2,1-2H3;2*3-6,8-12H,7,13-14H2,1-2H3;2-5,7-10,19H,6,11-14H2,1H3/b;;17-11-;. The van der Waals surface area contributed by atoms with E-state index < -0.39 is 0 Å². The van der Waals surface area contributed by atoms with Crippen LogP contribution in [0.15, 0.2) is 205 Å². The molecule has 84 heavy (non-hydrogen) atoms. The molecule has 0 saturated carbocycles. The average molecular weight is 1160 g/mol. The summed E-state index contributed by atoms with van der Waals surface area (Å²) < 4.78 is 5.98. The first-order valence-corrected chi connectivity index (χ1v) is 31.6. The van der Waals surface area contributed by atoms with Crippen LogP contribution >= 0.6 is 23.4 Å². The minimum atomic E-state index is 0.637. The van der Waals surface area contributed by atoms with Gasteiger partial charge in [0.25, 0.3) is 0 Å². The van der Waals surface area contributed by atoms with Gasteiger partial charge >= 0.3 is 0 Å². The average Bonchev–Trinajstić information content (AvgIpc) is 4.09. The van der Waals surface area contributed by atoms with E-state index in [0.29, 0.717) is 6.61 Å². The lowest BCUT2D eigenvalue weighted by molar-refractivity contribution is 0.307. The van der Waals surface area contributed by atoms with Crippen LogP contribution in [0.4, 0.5) is 22.7 Å². The number of nitrogens with one attached hydrogen (secondary N) is 1. The van der Waals surface area contributed by atoms with Crippen LogP contribution in [0.25, 0.3) is 11.1 Å². The van der Waals surface area contributed by atoms with Crippen molar-refractivity contribution >= 4 is 57.3 Å². The lowest BCUT2D eigenvalue weighted by Gasteiger charge is -2.27. The third-order valence-corrected chi connectivity index (χ3v) is 17.3. The Morgan fingerprint density at radius 3 is 1.48 bits per heavy atom. The number of hydrogen-bond acceptors (Lipinski definition) is 8. The van der Waals surface area contributed by atoms with E-state index in [1.807, 2.05) is 30.9 Å². The van der Waals surface area contributed by atoms with Gasteiger partial charge in [-0.3, -0.25) is 0 Å². The number of nitrogens with zero attached hydrogens (tertiary/aromatic N) is 5. The van der Waals surface area contributed by atoms with Gasteiger partial charge in [0.15, 0.2) is 0 Å². The first-order chi connectivity index (χ1) is 41.1. The highest BCUT2D eigenvalue weighted by molar-refractivity contribution is 7.98. The van der Waals surface area contributed by atoms with Crippen LogP contribution in [0.2, 0.25) is 5.02 Å². The Labute approximate surface area is 512 Å². The number of rotatable bonds is 14. The van der Waals surface area contributed by atoms with E-state index in [4.69, 9.17) is 16.3 Å². The number of anilines is 4. The molecule has 1 N–H and O–H groups in total. The second kappa shape index (κ2) is 31.3. The number of halogens is 1. The predicted octanol–water partition coefficient (Wildman–Crippen LogP) is 16.7. The molecule has 8 aromatic carbocycles. The molecule has 7 nitrogen and oxygen atoms in total. The molecule has 436 valence electrons. The summed E-state index contributed by atoms with van der Waals surface area (Å²) in [6.07, 6.45) is 13.6. The summed E-state index contributed by atoms with van der Waals surface area (Å²) in [5.41, 5.74) is 21.8. The van der Waals surface area contributed by atoms with E-state index >= 15 is 0 Å². The maximum Gasteiger partial charge on any atom is 0.127 e. The van der Waals surface area contributed by atoms with E-state index in [9.17, 15) is 0 Å². The Morgan fingerprint density at radius 2 is 0.905 bits per heavy atom. The van der Waals surface area contributed by atoms with Crippen molar-refractivity contribution in [3.63, 3.8) is 0 Å². The number of fused-ring (bicyclic) bond motifs is 8. The Kier molecular flexibility index (Phi) is 23.0. The van der Waals surface area contributed by atoms with Crippen LogP contribution in [0.3, 0.4) is 0 Å². The first-order valence-electron chi connectivity index (χ1n) is 30.2. The van der Waals surface area contributed by atoms with E-state index in [0.717, 1.165) is 107 Å². The summed E-state index contributed by atoms with van der Waals surface area (Å²) in [6, 6.07) is 67.2. The lowest BCUT2D eigenvalue weighted by atomic mass is 9.93. The largest absolute Gasteiger partial charge is 0.488 e. The van der Waals surface area contributed by atoms with Crippen molar-refractivity contribution in [3.8, 4) is 5.75 Å². The third kappa shape index (κ3) is 16.5. The summed E-state index contributed by atoms with van der Waals surface area (Å²) in [6.45, 7) is 7.00. The lowest BCUT2D eigenvalue weighted by Crippen LogP contribution is -2.24. The zero-order valence-corrected chi connectivity index (χ0v) is 52.4. The molecule has 0 amide bonds. The Hall–Kier alpha value is -6.88. The van der Waals surface area contributed by atoms with Gasteiger partial charge in [0.1, 0.15) is 12.4 Å². The molecule has 0 fully saturated rings. The molecule has 0 bridgehead atoms. The monoisotopic (exact) mass is 1150 g/mol. The molecule has 0 atom stereocenters. The van der Waals surface area contributed by atoms with Gasteiger partial charge in [0.05, 0.1) is 0 Å². The molecule has 0 aromatic heterocycles. The van der Waals surface area contributed by atoms with Crippen LogP contribution in [-0.2, 0) is 38.0 Å². The molecule has 0 aliphatic carbocycles. The van der Waals surface area contributed by atoms with Crippen molar-refractivity contribution in [2.45, 2.75) is 68.6 Å². The number of para-hydroxylation sites is 4. The zero-order valence-electron chi connectivity index (χ0n) is 50.8. The van der Waals surface area contributed by atoms with Crippen LogP contribution in [0.5, 0.6) is 5.75 Å². The smallest absolute Gasteiger partial charge is 0.127 e. The van der Waals surface area contributed by atoms with Gasteiger partial charge in [-0.1, -0.05) is 169 Å². The highest BCUT2D eigenvalue weighted by atomic mass is 35.5. The fourth-order valence-corrected chi connectivity index (χ4v) is 12.9. The maximum absolute atomic E-state index is 6.27. The highest BCUT2D eigenvalue weighted by Gasteiger charge is 2.23. The van der Waals surface area contributed by atoms with Crippen molar-refractivity contribution in [2.75, 3.05) is 98.4 Å². The third-order valence-electron chi connectivity index (χ3n) is 15.9. The van der Waals surface area contributed by atoms with Gasteiger partial charge in [-0.15, -0.1) is 11.8 Å². The normalized spacial score (nSPS) is 14.6. The summed E-state index contributed by atoms with van der Waals surface area (Å²) in [7, 11) is 14.7. The molecule has 4 aliphatic heterocycles. The van der Waals surface area contributed by atoms with Gasteiger partial charge in [-0.2, -0.15) is 0 Å². The van der Waals surface area contributed by atoms with Gasteiger partial charge in [-0.25, -0.2) is 0 Å². The molecule has 0 radical (unpaired) electrons. The Bertz CT molecular complexity index is 3200. The number of aryl methyl sites for hydroxylation is 4. The van der Waals surface area contributed by atoms with Crippen molar-refractivity contribution in [1.29, 1.82) is 0 Å². The number of hydrogen-bond donors (Lipinski definition) is 1. The zero-order chi connectivity index (χ0) is 58.6. The Balaban J connectivity index is 0.000000134. The molecular weight excluding hydrogens is 1070 g/mol. The van der Waals surface area contributed by atoms with E-state index in [1.165, 1.54) is 94.4 Å². The predicted molar refractivity (Wildman–Crippen MR) is 361 cm³/mol. The van der Waals surface area contributed by atoms with E-state index in [2.05, 4.69) is 260 Å². The van der Waals surface area contributed by atoms with Crippen LogP contribution in [0.1, 0.15) is 81.3 Å². The highest BCUT2D eigenvalue weighted by Crippen LogP contribution is 2.42. The van der Waals surface area contributed by atoms with Crippen molar-refractivity contribution in [3.05, 3.63) is 261 Å². The molecule has 4 aliphatic rings. The maximum atomic E-state index is 6.27. The quantitative estimate of drug-likeness (QED) is 0.108. The summed E-state index contributed by atoms with van der Waals surface area (Å²) in [4.78, 5) is 13.0. The van der Waals surface area contributed by atoms with Crippen molar-refractivity contribution < 1.29 is 4.74 Å². The van der Waals surface area contributed by atoms with Crippen molar-refractivity contribution in [1.82, 2.24) is 20.0 Å². The molecule has 4 heterocycles. The number of benzene rings is 8. The number of ether oxygens (including phenoxy) is 1. The van der Waals surface area contributed by atoms with Gasteiger partial charge in [0.2, 0.25) is 0 Å². The topological polar surface area (TPSA) is 37.5 Å². The molecule has 12 rings (SSSR count). The van der Waals surface area contributed by atoms with Gasteiger partial charge in [0, 0.05) is 70.2 Å². The summed E-state index contributed by atoms with van der Waals surface area (Å²) in [5.74, 6) is 2.03. The van der Waals surface area contributed by atoms with Crippen molar-refractivity contribution in [2.24, 2.45) is 0 Å². The fourth-order valence-electron chi connectivity index (χ4n) is 11.6. The number of thioether (sulfide) groups is 1. The first kappa shape index (κ1) is 61.7. The van der Waals surface area contributed by atoms with Crippen LogP contribution in [0, 0.1) is 0 Å². The van der Waals surface area contributed by atoms with Gasteiger partial charge in [-0.05, 0) is 217 Å². The minimum absolute atomic E-state index is 0.637. The summed E-state index contributed by atoms with van der Waals surface area (Å²) >= 11 is 8.22. The van der Waals surface area contributed by atoms with Crippen LogP contribution in [-0.4, -0.2) is 103 Å². The van der Waals surface area contributed by atoms with E-state index in [1.54, 1.807) is 0 Å². The SMILES string of the molecule is CN(C)CC/C=C1/c2ccccc2CSc2ccccc21.CN(C)CCC=C1c2ccccc2COc2ccccc21.CN(C)CCCN1c2ccccc2CCc2ccc(Cl)cc21.CNCCCN1c2ccccc2CCc2ccccc21. The second-order valence-corrected chi connectivity index (χ2v) is 24.3. The fraction of sp³-hybridized carbons (Fsp3) is 0.307. The van der Waals surface area contributed by atoms with Gasteiger partial charge < -0.3 is 34.6 Å². The summed E-state index contributed by atoms with van der Waals surface area (Å²) in [5, 5.41) is 4.06. The molecule has 9 heteroatoms.